The number of ketones is 2. The largest absolute Gasteiger partial charge is 0.396 e. The van der Waals surface area contributed by atoms with Crippen molar-refractivity contribution in [2.24, 2.45) is 0 Å². The van der Waals surface area contributed by atoms with Crippen LogP contribution in [0.5, 0.6) is 0 Å². The minimum absolute atomic E-state index is 0.0107. The zero-order chi connectivity index (χ0) is 11.6. The molecule has 0 bridgehead atoms. The summed E-state index contributed by atoms with van der Waals surface area (Å²) in [5, 5.41) is 8.69. The second-order valence-electron chi connectivity index (χ2n) is 3.53. The zero-order valence-corrected chi connectivity index (χ0v) is 9.52. The standard InChI is InChI=1S/C11H13ClO3/c1-6-7(2)11(15)9(12)8(10(6)14)4-3-5-13/h13H,3-5H2,1-2H3. The molecule has 0 radical (unpaired) electrons. The van der Waals surface area contributed by atoms with E-state index in [9.17, 15) is 9.59 Å². The number of aliphatic hydroxyl groups is 1. The minimum atomic E-state index is -0.276. The van der Waals surface area contributed by atoms with Crippen LogP contribution in [0.1, 0.15) is 26.7 Å². The molecule has 3 nitrogen and oxygen atoms in total. The molecule has 0 spiro atoms. The fourth-order valence-corrected chi connectivity index (χ4v) is 1.77. The van der Waals surface area contributed by atoms with Crippen molar-refractivity contribution in [2.45, 2.75) is 26.7 Å². The van der Waals surface area contributed by atoms with Crippen molar-refractivity contribution in [2.75, 3.05) is 6.61 Å². The number of aliphatic hydroxyl groups excluding tert-OH is 1. The van der Waals surface area contributed by atoms with Crippen LogP contribution in [0.25, 0.3) is 0 Å². The Morgan fingerprint density at radius 3 is 2.20 bits per heavy atom. The monoisotopic (exact) mass is 228 g/mol. The number of halogens is 1. The van der Waals surface area contributed by atoms with Crippen LogP contribution in [-0.4, -0.2) is 23.3 Å². The topological polar surface area (TPSA) is 54.4 Å². The average molecular weight is 229 g/mol. The maximum atomic E-state index is 11.8. The van der Waals surface area contributed by atoms with Gasteiger partial charge in [-0.3, -0.25) is 9.59 Å². The molecule has 4 heteroatoms. The lowest BCUT2D eigenvalue weighted by Gasteiger charge is -2.16. The Morgan fingerprint density at radius 2 is 1.67 bits per heavy atom. The Balaban J connectivity index is 3.05. The lowest BCUT2D eigenvalue weighted by Crippen LogP contribution is -2.19. The zero-order valence-electron chi connectivity index (χ0n) is 8.76. The molecule has 15 heavy (non-hydrogen) atoms. The van der Waals surface area contributed by atoms with Crippen LogP contribution in [0.15, 0.2) is 21.8 Å². The Morgan fingerprint density at radius 1 is 1.13 bits per heavy atom. The Bertz CT molecular complexity index is 377. The lowest BCUT2D eigenvalue weighted by atomic mass is 9.89. The fourth-order valence-electron chi connectivity index (χ4n) is 1.45. The van der Waals surface area contributed by atoms with Gasteiger partial charge in [-0.25, -0.2) is 0 Å². The van der Waals surface area contributed by atoms with Gasteiger partial charge in [-0.2, -0.15) is 0 Å². The first-order valence-corrected chi connectivity index (χ1v) is 5.14. The number of hydrogen-bond donors (Lipinski definition) is 1. The molecule has 0 saturated carbocycles. The van der Waals surface area contributed by atoms with E-state index in [1.165, 1.54) is 0 Å². The first-order valence-electron chi connectivity index (χ1n) is 4.77. The van der Waals surface area contributed by atoms with E-state index in [0.29, 0.717) is 29.6 Å². The van der Waals surface area contributed by atoms with Gasteiger partial charge in [-0.15, -0.1) is 0 Å². The minimum Gasteiger partial charge on any atom is -0.396 e. The van der Waals surface area contributed by atoms with E-state index in [2.05, 4.69) is 0 Å². The highest BCUT2D eigenvalue weighted by Gasteiger charge is 2.28. The molecule has 0 fully saturated rings. The summed E-state index contributed by atoms with van der Waals surface area (Å²) in [6.45, 7) is 3.20. The van der Waals surface area contributed by atoms with Gasteiger partial charge in [0.1, 0.15) is 0 Å². The molecule has 0 heterocycles. The van der Waals surface area contributed by atoms with Crippen LogP contribution in [0.4, 0.5) is 0 Å². The molecule has 1 N–H and O–H groups in total. The highest BCUT2D eigenvalue weighted by molar-refractivity contribution is 6.49. The molecule has 0 aromatic carbocycles. The predicted octanol–water partition coefficient (Wildman–Crippen LogP) is 1.74. The van der Waals surface area contributed by atoms with Crippen molar-refractivity contribution in [3.63, 3.8) is 0 Å². The molecule has 1 aliphatic rings. The summed E-state index contributed by atoms with van der Waals surface area (Å²) in [6, 6.07) is 0. The number of rotatable bonds is 3. The van der Waals surface area contributed by atoms with Gasteiger partial charge >= 0.3 is 0 Å². The van der Waals surface area contributed by atoms with Crippen LogP contribution < -0.4 is 0 Å². The third-order valence-electron chi connectivity index (χ3n) is 2.57. The highest BCUT2D eigenvalue weighted by atomic mass is 35.5. The normalized spacial score (nSPS) is 17.9. The number of Topliss-reactive ketones (excluding diaryl/α,β-unsaturated/α-hetero) is 2. The van der Waals surface area contributed by atoms with Gasteiger partial charge < -0.3 is 5.11 Å². The molecule has 0 saturated heterocycles. The van der Waals surface area contributed by atoms with E-state index >= 15 is 0 Å². The van der Waals surface area contributed by atoms with Crippen LogP contribution in [-0.2, 0) is 9.59 Å². The summed E-state index contributed by atoms with van der Waals surface area (Å²) in [7, 11) is 0. The molecular weight excluding hydrogens is 216 g/mol. The lowest BCUT2D eigenvalue weighted by molar-refractivity contribution is -0.116. The van der Waals surface area contributed by atoms with Gasteiger partial charge in [-0.05, 0) is 26.7 Å². The quantitative estimate of drug-likeness (QED) is 0.749. The van der Waals surface area contributed by atoms with Gasteiger partial charge in [0.2, 0.25) is 5.78 Å². The second-order valence-corrected chi connectivity index (χ2v) is 3.91. The molecule has 0 unspecified atom stereocenters. The van der Waals surface area contributed by atoms with Crippen LogP contribution in [0.3, 0.4) is 0 Å². The van der Waals surface area contributed by atoms with Gasteiger partial charge in [-0.1, -0.05) is 11.6 Å². The molecule has 82 valence electrons. The molecule has 0 aromatic rings. The number of allylic oxidation sites excluding steroid dienone is 4. The average Bonchev–Trinajstić information content (AvgIpc) is 2.24. The predicted molar refractivity (Wildman–Crippen MR) is 57.6 cm³/mol. The summed E-state index contributed by atoms with van der Waals surface area (Å²) in [5.41, 5.74) is 1.20. The van der Waals surface area contributed by atoms with Gasteiger partial charge in [0.15, 0.2) is 5.78 Å². The molecule has 1 aliphatic carbocycles. The van der Waals surface area contributed by atoms with Crippen LogP contribution in [0.2, 0.25) is 0 Å². The Labute approximate surface area is 93.4 Å². The van der Waals surface area contributed by atoms with Crippen LogP contribution >= 0.6 is 11.6 Å². The van der Waals surface area contributed by atoms with E-state index in [0.717, 1.165) is 0 Å². The second kappa shape index (κ2) is 4.73. The summed E-state index contributed by atoms with van der Waals surface area (Å²) >= 11 is 5.82. The Hall–Kier alpha value is -0.930. The SMILES string of the molecule is CC1=C(C)C(=O)C(CCCO)=C(Cl)C1=O. The van der Waals surface area contributed by atoms with E-state index < -0.39 is 0 Å². The summed E-state index contributed by atoms with van der Waals surface area (Å²) < 4.78 is 0. The van der Waals surface area contributed by atoms with Crippen molar-refractivity contribution in [1.82, 2.24) is 0 Å². The molecule has 0 amide bonds. The van der Waals surface area contributed by atoms with Crippen molar-refractivity contribution >= 4 is 23.2 Å². The maximum Gasteiger partial charge on any atom is 0.200 e. The summed E-state index contributed by atoms with van der Waals surface area (Å²) in [5.74, 6) is -0.452. The number of hydrogen-bond acceptors (Lipinski definition) is 3. The van der Waals surface area contributed by atoms with Crippen LogP contribution in [0, 0.1) is 0 Å². The van der Waals surface area contributed by atoms with Gasteiger partial charge in [0, 0.05) is 23.3 Å². The smallest absolute Gasteiger partial charge is 0.200 e. The molecule has 1 rings (SSSR count). The molecular formula is C11H13ClO3. The first-order chi connectivity index (χ1) is 7.00. The number of carbonyl (C=O) groups excluding carboxylic acids is 2. The van der Waals surface area contributed by atoms with Crippen molar-refractivity contribution in [1.29, 1.82) is 0 Å². The van der Waals surface area contributed by atoms with Gasteiger partial charge in [0.25, 0.3) is 0 Å². The summed E-state index contributed by atoms with van der Waals surface area (Å²) in [4.78, 5) is 23.4. The molecule has 0 aliphatic heterocycles. The maximum absolute atomic E-state index is 11.8. The summed E-state index contributed by atoms with van der Waals surface area (Å²) in [6.07, 6.45) is 0.793. The van der Waals surface area contributed by atoms with E-state index in [-0.39, 0.29) is 23.2 Å². The van der Waals surface area contributed by atoms with Crippen molar-refractivity contribution in [3.05, 3.63) is 21.8 Å². The van der Waals surface area contributed by atoms with Crippen molar-refractivity contribution < 1.29 is 14.7 Å². The fraction of sp³-hybridized carbons (Fsp3) is 0.455. The van der Waals surface area contributed by atoms with E-state index in [4.69, 9.17) is 16.7 Å². The molecule has 0 atom stereocenters. The first kappa shape index (κ1) is 12.1. The third kappa shape index (κ3) is 2.19. The molecule has 0 aromatic heterocycles. The number of carbonyl (C=O) groups is 2. The van der Waals surface area contributed by atoms with Crippen molar-refractivity contribution in [3.8, 4) is 0 Å². The van der Waals surface area contributed by atoms with E-state index in [1.54, 1.807) is 13.8 Å². The van der Waals surface area contributed by atoms with E-state index in [1.807, 2.05) is 0 Å². The highest BCUT2D eigenvalue weighted by Crippen LogP contribution is 2.29. The van der Waals surface area contributed by atoms with Gasteiger partial charge in [0.05, 0.1) is 5.03 Å². The Kier molecular flexibility index (Phi) is 3.83. The third-order valence-corrected chi connectivity index (χ3v) is 2.97.